The Kier molecular flexibility index (Phi) is 7.05. The second-order valence-electron chi connectivity index (χ2n) is 8.57. The van der Waals surface area contributed by atoms with Gasteiger partial charge < -0.3 is 30.0 Å². The Labute approximate surface area is 184 Å². The topological polar surface area (TPSA) is 77.9 Å². The Morgan fingerprint density at radius 1 is 1.10 bits per heavy atom. The molecule has 1 heterocycles. The molecular formula is C24H32N4O3. The summed E-state index contributed by atoms with van der Waals surface area (Å²) >= 11 is 0. The van der Waals surface area contributed by atoms with E-state index in [9.17, 15) is 4.79 Å². The molecule has 0 radical (unpaired) electrons. The van der Waals surface area contributed by atoms with E-state index in [-0.39, 0.29) is 6.09 Å². The van der Waals surface area contributed by atoms with Gasteiger partial charge in [-0.1, -0.05) is 12.1 Å². The van der Waals surface area contributed by atoms with E-state index in [0.29, 0.717) is 19.6 Å². The molecule has 0 spiro atoms. The van der Waals surface area contributed by atoms with E-state index in [1.165, 1.54) is 6.21 Å². The van der Waals surface area contributed by atoms with Gasteiger partial charge >= 0.3 is 6.09 Å². The van der Waals surface area contributed by atoms with Crippen molar-refractivity contribution in [2.24, 2.45) is 0 Å². The number of methoxy groups -OCH3 is 1. The van der Waals surface area contributed by atoms with Crippen LogP contribution in [-0.4, -0.2) is 56.1 Å². The van der Waals surface area contributed by atoms with Gasteiger partial charge in [0.2, 0.25) is 0 Å². The van der Waals surface area contributed by atoms with Crippen LogP contribution in [0.2, 0.25) is 0 Å². The molecule has 0 atom stereocenters. The van der Waals surface area contributed by atoms with Gasteiger partial charge in [-0.15, -0.1) is 0 Å². The second-order valence-corrected chi connectivity index (χ2v) is 8.57. The number of nitrogens with one attached hydrogen (secondary N) is 2. The molecule has 1 saturated heterocycles. The minimum atomic E-state index is -0.485. The van der Waals surface area contributed by atoms with Gasteiger partial charge in [-0.25, -0.2) is 4.79 Å². The highest BCUT2D eigenvalue weighted by Gasteiger charge is 2.26. The summed E-state index contributed by atoms with van der Waals surface area (Å²) in [5, 5.41) is 11.2. The number of rotatable bonds is 6. The Morgan fingerprint density at radius 2 is 1.77 bits per heavy atom. The molecule has 2 N–H and O–H groups in total. The first-order valence-corrected chi connectivity index (χ1v) is 10.5. The molecule has 31 heavy (non-hydrogen) atoms. The number of carbonyl (C=O) groups excluding carboxylic acids is 1. The van der Waals surface area contributed by atoms with E-state index in [1.54, 1.807) is 12.0 Å². The highest BCUT2D eigenvalue weighted by atomic mass is 16.6. The van der Waals surface area contributed by atoms with Crippen LogP contribution in [0.1, 0.15) is 31.9 Å². The lowest BCUT2D eigenvalue weighted by atomic mass is 10.1. The van der Waals surface area contributed by atoms with E-state index in [2.05, 4.69) is 16.3 Å². The minimum Gasteiger partial charge on any atom is -0.497 e. The molecular weight excluding hydrogens is 392 g/mol. The first-order chi connectivity index (χ1) is 14.8. The van der Waals surface area contributed by atoms with Crippen LogP contribution in [0.3, 0.4) is 0 Å². The van der Waals surface area contributed by atoms with Crippen LogP contribution in [0.4, 0.5) is 16.2 Å². The lowest BCUT2D eigenvalue weighted by molar-refractivity contribution is 0.0240. The Bertz CT molecular complexity index is 898. The van der Waals surface area contributed by atoms with Crippen molar-refractivity contribution >= 4 is 23.7 Å². The normalized spacial score (nSPS) is 14.2. The van der Waals surface area contributed by atoms with Crippen molar-refractivity contribution in [3.8, 4) is 5.75 Å². The van der Waals surface area contributed by atoms with Gasteiger partial charge in [-0.3, -0.25) is 0 Å². The Morgan fingerprint density at radius 3 is 2.35 bits per heavy atom. The first kappa shape index (κ1) is 22.5. The van der Waals surface area contributed by atoms with E-state index in [0.717, 1.165) is 41.3 Å². The van der Waals surface area contributed by atoms with Crippen molar-refractivity contribution in [2.75, 3.05) is 43.5 Å². The van der Waals surface area contributed by atoms with Gasteiger partial charge in [0.15, 0.2) is 0 Å². The zero-order valence-corrected chi connectivity index (χ0v) is 18.8. The fourth-order valence-corrected chi connectivity index (χ4v) is 3.43. The number of ether oxygens (including phenoxy) is 2. The fourth-order valence-electron chi connectivity index (χ4n) is 3.43. The van der Waals surface area contributed by atoms with E-state index < -0.39 is 5.60 Å². The van der Waals surface area contributed by atoms with Crippen LogP contribution in [0.25, 0.3) is 0 Å². The molecule has 0 unspecified atom stereocenters. The number of benzene rings is 2. The molecule has 7 heteroatoms. The SMILES string of the molecule is COc1ccc(CNc2cc(N3CCN(C(=O)OC(C)(C)C)CC3)ccc2C=N)cc1. The number of carbonyl (C=O) groups is 1. The second kappa shape index (κ2) is 9.73. The Balaban J connectivity index is 1.63. The molecule has 0 bridgehead atoms. The summed E-state index contributed by atoms with van der Waals surface area (Å²) in [6.45, 7) is 9.01. The smallest absolute Gasteiger partial charge is 0.410 e. The van der Waals surface area contributed by atoms with Crippen molar-refractivity contribution < 1.29 is 14.3 Å². The number of amides is 1. The van der Waals surface area contributed by atoms with Crippen LogP contribution in [0, 0.1) is 5.41 Å². The summed E-state index contributed by atoms with van der Waals surface area (Å²) in [7, 11) is 1.66. The quantitative estimate of drug-likeness (QED) is 0.674. The maximum atomic E-state index is 12.3. The predicted octanol–water partition coefficient (Wildman–Crippen LogP) is 4.36. The van der Waals surface area contributed by atoms with E-state index >= 15 is 0 Å². The molecule has 0 saturated carbocycles. The monoisotopic (exact) mass is 424 g/mol. The zero-order valence-electron chi connectivity index (χ0n) is 18.8. The molecule has 2 aromatic carbocycles. The molecule has 1 aliphatic rings. The molecule has 0 aliphatic carbocycles. The highest BCUT2D eigenvalue weighted by molar-refractivity contribution is 5.87. The minimum absolute atomic E-state index is 0.256. The van der Waals surface area contributed by atoms with Crippen molar-refractivity contribution in [2.45, 2.75) is 32.9 Å². The summed E-state index contributed by atoms with van der Waals surface area (Å²) in [6.07, 6.45) is 1.11. The van der Waals surface area contributed by atoms with Gasteiger partial charge in [0.1, 0.15) is 11.4 Å². The Hall–Kier alpha value is -3.22. The maximum absolute atomic E-state index is 12.3. The summed E-state index contributed by atoms with van der Waals surface area (Å²) in [5.41, 5.74) is 3.48. The van der Waals surface area contributed by atoms with Gasteiger partial charge in [-0.05, 0) is 56.7 Å². The van der Waals surface area contributed by atoms with Crippen LogP contribution in [0.5, 0.6) is 5.75 Å². The summed E-state index contributed by atoms with van der Waals surface area (Å²) < 4.78 is 10.7. The number of hydrogen-bond donors (Lipinski definition) is 2. The molecule has 7 nitrogen and oxygen atoms in total. The van der Waals surface area contributed by atoms with Crippen LogP contribution < -0.4 is 15.0 Å². The number of piperazine rings is 1. The third kappa shape index (κ3) is 6.13. The molecule has 3 rings (SSSR count). The average molecular weight is 425 g/mol. The maximum Gasteiger partial charge on any atom is 0.410 e. The first-order valence-electron chi connectivity index (χ1n) is 10.5. The molecule has 0 aromatic heterocycles. The third-order valence-electron chi connectivity index (χ3n) is 5.13. The zero-order chi connectivity index (χ0) is 22.4. The number of hydrogen-bond acceptors (Lipinski definition) is 6. The third-order valence-corrected chi connectivity index (χ3v) is 5.13. The lowest BCUT2D eigenvalue weighted by Gasteiger charge is -2.37. The molecule has 1 amide bonds. The summed E-state index contributed by atoms with van der Waals surface area (Å²) in [4.78, 5) is 16.3. The van der Waals surface area contributed by atoms with Crippen LogP contribution in [0.15, 0.2) is 42.5 Å². The van der Waals surface area contributed by atoms with Crippen LogP contribution >= 0.6 is 0 Å². The van der Waals surface area contributed by atoms with E-state index in [1.807, 2.05) is 57.2 Å². The molecule has 166 valence electrons. The molecule has 1 aliphatic heterocycles. The largest absolute Gasteiger partial charge is 0.497 e. The lowest BCUT2D eigenvalue weighted by Crippen LogP contribution is -2.50. The summed E-state index contributed by atoms with van der Waals surface area (Å²) in [5.74, 6) is 0.830. The average Bonchev–Trinajstić information content (AvgIpc) is 2.76. The van der Waals surface area contributed by atoms with Crippen molar-refractivity contribution in [3.63, 3.8) is 0 Å². The van der Waals surface area contributed by atoms with E-state index in [4.69, 9.17) is 14.9 Å². The van der Waals surface area contributed by atoms with Gasteiger partial charge in [0.25, 0.3) is 0 Å². The highest BCUT2D eigenvalue weighted by Crippen LogP contribution is 2.25. The van der Waals surface area contributed by atoms with Crippen molar-refractivity contribution in [3.05, 3.63) is 53.6 Å². The van der Waals surface area contributed by atoms with Gasteiger partial charge in [-0.2, -0.15) is 0 Å². The standard InChI is InChI=1S/C24H32N4O3/c1-24(2,3)31-23(29)28-13-11-27(12-14-28)20-8-7-19(16-25)22(15-20)26-17-18-5-9-21(30-4)10-6-18/h5-10,15-16,25-26H,11-14,17H2,1-4H3. The molecule has 1 fully saturated rings. The van der Waals surface area contributed by atoms with Gasteiger partial charge in [0, 0.05) is 55.9 Å². The van der Waals surface area contributed by atoms with Gasteiger partial charge in [0.05, 0.1) is 7.11 Å². The van der Waals surface area contributed by atoms with Crippen LogP contribution in [-0.2, 0) is 11.3 Å². The van der Waals surface area contributed by atoms with Crippen molar-refractivity contribution in [1.82, 2.24) is 4.90 Å². The predicted molar refractivity (Wildman–Crippen MR) is 125 cm³/mol. The number of anilines is 2. The molecule has 2 aromatic rings. The summed E-state index contributed by atoms with van der Waals surface area (Å²) in [6, 6.07) is 14.0. The fraction of sp³-hybridized carbons (Fsp3) is 0.417. The van der Waals surface area contributed by atoms with Crippen molar-refractivity contribution in [1.29, 1.82) is 5.41 Å². The number of nitrogens with zero attached hydrogens (tertiary/aromatic N) is 2.